The number of rotatable bonds is 8. The summed E-state index contributed by atoms with van der Waals surface area (Å²) in [6.07, 6.45) is 3.72. The number of hydrogen-bond donors (Lipinski definition) is 0. The third-order valence-corrected chi connectivity index (χ3v) is 10.2. The summed E-state index contributed by atoms with van der Waals surface area (Å²) in [4.78, 5) is 0. The van der Waals surface area contributed by atoms with E-state index in [0.29, 0.717) is 0 Å². The molecule has 0 unspecified atom stereocenters. The monoisotopic (exact) mass is 470 g/mol. The second-order valence-electron chi connectivity index (χ2n) is 7.00. The van der Waals surface area contributed by atoms with E-state index in [0.717, 1.165) is 0 Å². The predicted molar refractivity (Wildman–Crippen MR) is 132 cm³/mol. The van der Waals surface area contributed by atoms with Crippen molar-refractivity contribution in [1.29, 1.82) is 0 Å². The topological polar surface area (TPSA) is 0 Å². The Kier molecular flexibility index (Phi) is 9.30. The summed E-state index contributed by atoms with van der Waals surface area (Å²) in [5.74, 6) is 0. The van der Waals surface area contributed by atoms with E-state index in [-0.39, 0.29) is 32.3 Å². The van der Waals surface area contributed by atoms with E-state index in [1.807, 2.05) is 0 Å². The summed E-state index contributed by atoms with van der Waals surface area (Å²) in [5, 5.41) is 5.94. The van der Waals surface area contributed by atoms with Gasteiger partial charge in [0.25, 0.3) is 0 Å². The van der Waals surface area contributed by atoms with Crippen molar-refractivity contribution in [1.82, 2.24) is 0 Å². The van der Waals surface area contributed by atoms with Crippen LogP contribution in [0.15, 0.2) is 121 Å². The Morgan fingerprint density at radius 3 is 0.833 bits per heavy atom. The third-order valence-electron chi connectivity index (χ3n) is 5.03. The van der Waals surface area contributed by atoms with Gasteiger partial charge in [-0.1, -0.05) is 121 Å². The zero-order valence-corrected chi connectivity index (χ0v) is 19.7. The Balaban J connectivity index is 0.00000256. The smallest absolute Gasteiger partial charge is 0.0622 e. The quantitative estimate of drug-likeness (QED) is 0.231. The van der Waals surface area contributed by atoms with Crippen LogP contribution < -0.4 is 21.2 Å². The van der Waals surface area contributed by atoms with Crippen LogP contribution in [0.3, 0.4) is 0 Å². The second-order valence-corrected chi connectivity index (χ2v) is 11.7. The largest absolute Gasteiger partial charge is 2.00 e. The van der Waals surface area contributed by atoms with Gasteiger partial charge in [0.2, 0.25) is 0 Å². The van der Waals surface area contributed by atoms with Crippen LogP contribution in [0.4, 0.5) is 0 Å². The van der Waals surface area contributed by atoms with E-state index >= 15 is 0 Å². The van der Waals surface area contributed by atoms with E-state index in [4.69, 9.17) is 0 Å². The summed E-state index contributed by atoms with van der Waals surface area (Å²) in [5.41, 5.74) is 0. The molecule has 0 amide bonds. The Morgan fingerprint density at radius 2 is 0.600 bits per heavy atom. The molecule has 4 aromatic rings. The summed E-state index contributed by atoms with van der Waals surface area (Å²) in [7, 11) is -0.618. The molecular weight excluding hydrogens is 445 g/mol. The Labute approximate surface area is 193 Å². The molecule has 4 aromatic carbocycles. The van der Waals surface area contributed by atoms with Crippen molar-refractivity contribution in [2.24, 2.45) is 0 Å². The third kappa shape index (κ3) is 6.12. The molecule has 0 bridgehead atoms. The van der Waals surface area contributed by atoms with Crippen molar-refractivity contribution in [2.45, 2.75) is 6.42 Å². The van der Waals surface area contributed by atoms with Gasteiger partial charge < -0.3 is 0 Å². The van der Waals surface area contributed by atoms with Crippen molar-refractivity contribution in [3.8, 4) is 0 Å². The van der Waals surface area contributed by atoms with Crippen LogP contribution in [0.25, 0.3) is 0 Å². The van der Waals surface area contributed by atoms with Crippen LogP contribution in [0.1, 0.15) is 6.42 Å². The van der Waals surface area contributed by atoms with Gasteiger partial charge in [-0.05, 0) is 55.8 Å². The summed E-state index contributed by atoms with van der Waals surface area (Å²) in [6.45, 7) is 0. The summed E-state index contributed by atoms with van der Waals surface area (Å²) in [6, 6.07) is 44.3. The van der Waals surface area contributed by atoms with Gasteiger partial charge in [0, 0.05) is 0 Å². The molecule has 0 aliphatic carbocycles. The van der Waals surface area contributed by atoms with Gasteiger partial charge in [-0.15, -0.1) is 0 Å². The van der Waals surface area contributed by atoms with E-state index < -0.39 is 0 Å². The fraction of sp³-hybridized carbons (Fsp3) is 0.111. The standard InChI is InChI=1S/C27H26P2.Ni/c1-5-14-24(15-6-1)28(25-16-7-2-8-17-25)22-13-23-29(26-18-9-3-10-19-26)27-20-11-4-12-21-27;/h1-12,14-21H,13,22-23H2;/q;+2. The molecule has 4 rings (SSSR count). The van der Waals surface area contributed by atoms with Crippen molar-refractivity contribution < 1.29 is 16.5 Å². The first-order valence-corrected chi connectivity index (χ1v) is 13.2. The van der Waals surface area contributed by atoms with E-state index in [1.54, 1.807) is 0 Å². The van der Waals surface area contributed by atoms with Crippen molar-refractivity contribution in [3.05, 3.63) is 121 Å². The summed E-state index contributed by atoms with van der Waals surface area (Å²) < 4.78 is 0. The molecule has 152 valence electrons. The molecule has 0 fully saturated rings. The first-order valence-electron chi connectivity index (χ1n) is 10.2. The Morgan fingerprint density at radius 1 is 0.367 bits per heavy atom. The minimum absolute atomic E-state index is 0. The van der Waals surface area contributed by atoms with Crippen LogP contribution in [0, 0.1) is 0 Å². The molecule has 0 N–H and O–H groups in total. The first-order chi connectivity index (χ1) is 14.4. The molecule has 0 atom stereocenters. The molecule has 0 aliphatic heterocycles. The zero-order chi connectivity index (χ0) is 19.7. The van der Waals surface area contributed by atoms with Crippen LogP contribution in [-0.2, 0) is 16.5 Å². The van der Waals surface area contributed by atoms with Crippen molar-refractivity contribution >= 4 is 37.1 Å². The second kappa shape index (κ2) is 12.2. The Hall–Kier alpha value is -1.77. The van der Waals surface area contributed by atoms with Crippen molar-refractivity contribution in [3.63, 3.8) is 0 Å². The molecule has 0 saturated carbocycles. The van der Waals surface area contributed by atoms with Gasteiger partial charge in [-0.3, -0.25) is 0 Å². The minimum atomic E-state index is -0.309. The van der Waals surface area contributed by atoms with Gasteiger partial charge >= 0.3 is 16.5 Å². The molecule has 0 spiro atoms. The fourth-order valence-electron chi connectivity index (χ4n) is 3.63. The predicted octanol–water partition coefficient (Wildman–Crippen LogP) is 5.64. The summed E-state index contributed by atoms with van der Waals surface area (Å²) >= 11 is 0. The van der Waals surface area contributed by atoms with E-state index in [9.17, 15) is 0 Å². The molecule has 3 heteroatoms. The molecule has 0 radical (unpaired) electrons. The molecule has 0 saturated heterocycles. The number of hydrogen-bond acceptors (Lipinski definition) is 0. The molecular formula is C27H26NiP2+2. The normalized spacial score (nSPS) is 10.7. The van der Waals surface area contributed by atoms with Gasteiger partial charge in [0.1, 0.15) is 0 Å². The fourth-order valence-corrected chi connectivity index (χ4v) is 8.59. The van der Waals surface area contributed by atoms with Gasteiger partial charge in [-0.25, -0.2) is 0 Å². The molecule has 0 aromatic heterocycles. The number of benzene rings is 4. The van der Waals surface area contributed by atoms with Gasteiger partial charge in [-0.2, -0.15) is 0 Å². The maximum atomic E-state index is 2.30. The van der Waals surface area contributed by atoms with Crippen LogP contribution >= 0.6 is 15.8 Å². The first kappa shape index (κ1) is 22.9. The van der Waals surface area contributed by atoms with Crippen molar-refractivity contribution in [2.75, 3.05) is 12.3 Å². The van der Waals surface area contributed by atoms with Gasteiger partial charge in [0.15, 0.2) is 0 Å². The minimum Gasteiger partial charge on any atom is -0.0622 e. The van der Waals surface area contributed by atoms with Gasteiger partial charge in [0.05, 0.1) is 0 Å². The SMILES string of the molecule is [Ni+2].c1ccc(P(CCCP(c2ccccc2)c2ccccc2)c2ccccc2)cc1. The van der Waals surface area contributed by atoms with Crippen LogP contribution in [-0.4, -0.2) is 12.3 Å². The Bertz CT molecular complexity index is 814. The van der Waals surface area contributed by atoms with E-state index in [1.165, 1.54) is 40.0 Å². The molecule has 30 heavy (non-hydrogen) atoms. The van der Waals surface area contributed by atoms with Crippen LogP contribution in [0.5, 0.6) is 0 Å². The molecule has 0 nitrogen and oxygen atoms in total. The zero-order valence-electron chi connectivity index (χ0n) is 16.9. The maximum absolute atomic E-state index is 2.30. The molecule has 0 aliphatic rings. The van der Waals surface area contributed by atoms with E-state index in [2.05, 4.69) is 121 Å². The average Bonchev–Trinajstić information content (AvgIpc) is 2.81. The van der Waals surface area contributed by atoms with Crippen LogP contribution in [0.2, 0.25) is 0 Å². The maximum Gasteiger partial charge on any atom is 2.00 e. The molecule has 0 heterocycles. The average molecular weight is 471 g/mol.